The summed E-state index contributed by atoms with van der Waals surface area (Å²) in [6, 6.07) is 7.14. The zero-order chi connectivity index (χ0) is 15.8. The molecule has 2 rings (SSSR count). The first-order valence-electron chi connectivity index (χ1n) is 7.89. The number of esters is 1. The van der Waals surface area contributed by atoms with Gasteiger partial charge in [-0.05, 0) is 49.5 Å². The summed E-state index contributed by atoms with van der Waals surface area (Å²) >= 11 is 0. The normalized spacial score (nSPS) is 15.6. The van der Waals surface area contributed by atoms with Gasteiger partial charge in [0, 0.05) is 6.54 Å². The van der Waals surface area contributed by atoms with Crippen molar-refractivity contribution in [2.45, 2.75) is 51.2 Å². The topological polar surface area (TPSA) is 55.4 Å². The summed E-state index contributed by atoms with van der Waals surface area (Å²) in [7, 11) is 0. The molecular weight excluding hydrogens is 278 g/mol. The van der Waals surface area contributed by atoms with Crippen LogP contribution in [0.15, 0.2) is 36.9 Å². The first-order valence-corrected chi connectivity index (χ1v) is 7.89. The van der Waals surface area contributed by atoms with Crippen molar-refractivity contribution in [3.05, 3.63) is 48.0 Å². The van der Waals surface area contributed by atoms with Crippen LogP contribution in [-0.2, 0) is 16.1 Å². The minimum Gasteiger partial charge on any atom is -0.459 e. The standard InChI is InChI=1S/C18H23NO3/c1-2-17(20)19-13-14-9-11-15(12-10-14)18(21)22-16-7-5-3-4-6-8-16/h2,9-12,16H,1,3-8,13H2,(H,19,20). The van der Waals surface area contributed by atoms with Crippen LogP contribution in [-0.4, -0.2) is 18.0 Å². The van der Waals surface area contributed by atoms with Crippen LogP contribution in [0.3, 0.4) is 0 Å². The molecule has 4 nitrogen and oxygen atoms in total. The molecular formula is C18H23NO3. The molecule has 0 spiro atoms. The Kier molecular flexibility index (Phi) is 6.19. The molecule has 0 radical (unpaired) electrons. The molecule has 22 heavy (non-hydrogen) atoms. The Balaban J connectivity index is 1.87. The number of hydrogen-bond acceptors (Lipinski definition) is 3. The van der Waals surface area contributed by atoms with Crippen LogP contribution in [0.4, 0.5) is 0 Å². The van der Waals surface area contributed by atoms with E-state index in [1.807, 2.05) is 12.1 Å². The van der Waals surface area contributed by atoms with Crippen molar-refractivity contribution in [2.24, 2.45) is 0 Å². The SMILES string of the molecule is C=CC(=O)NCc1ccc(C(=O)OC2CCCCCC2)cc1. The van der Waals surface area contributed by atoms with Crippen LogP contribution >= 0.6 is 0 Å². The second kappa shape index (κ2) is 8.37. The first kappa shape index (κ1) is 16.3. The number of benzene rings is 1. The van der Waals surface area contributed by atoms with E-state index in [1.165, 1.54) is 18.9 Å². The van der Waals surface area contributed by atoms with Gasteiger partial charge in [0.15, 0.2) is 0 Å². The van der Waals surface area contributed by atoms with E-state index < -0.39 is 0 Å². The van der Waals surface area contributed by atoms with Gasteiger partial charge in [-0.3, -0.25) is 4.79 Å². The maximum absolute atomic E-state index is 12.1. The fraction of sp³-hybridized carbons (Fsp3) is 0.444. The minimum absolute atomic E-state index is 0.0570. The Labute approximate surface area is 131 Å². The van der Waals surface area contributed by atoms with E-state index in [4.69, 9.17) is 4.74 Å². The van der Waals surface area contributed by atoms with E-state index in [-0.39, 0.29) is 18.0 Å². The average Bonchev–Trinajstić information content (AvgIpc) is 2.81. The molecule has 1 amide bonds. The molecule has 4 heteroatoms. The number of amides is 1. The van der Waals surface area contributed by atoms with Crippen LogP contribution < -0.4 is 5.32 Å². The Morgan fingerprint density at radius 2 is 1.77 bits per heavy atom. The van der Waals surface area contributed by atoms with Crippen molar-refractivity contribution >= 4 is 11.9 Å². The van der Waals surface area contributed by atoms with E-state index in [2.05, 4.69) is 11.9 Å². The fourth-order valence-corrected chi connectivity index (χ4v) is 2.60. The van der Waals surface area contributed by atoms with Crippen molar-refractivity contribution in [1.29, 1.82) is 0 Å². The van der Waals surface area contributed by atoms with Gasteiger partial charge in [0.1, 0.15) is 6.10 Å². The number of nitrogens with one attached hydrogen (secondary N) is 1. The zero-order valence-corrected chi connectivity index (χ0v) is 12.8. The predicted molar refractivity (Wildman–Crippen MR) is 85.4 cm³/mol. The molecule has 1 aliphatic rings. The number of carbonyl (C=O) groups is 2. The van der Waals surface area contributed by atoms with Gasteiger partial charge in [-0.15, -0.1) is 0 Å². The van der Waals surface area contributed by atoms with E-state index >= 15 is 0 Å². The molecule has 0 heterocycles. The van der Waals surface area contributed by atoms with Crippen LogP contribution in [0.1, 0.15) is 54.4 Å². The molecule has 1 aromatic rings. The Bertz CT molecular complexity index is 514. The molecule has 0 unspecified atom stereocenters. The Hall–Kier alpha value is -2.10. The summed E-state index contributed by atoms with van der Waals surface area (Å²) in [6.07, 6.45) is 7.98. The van der Waals surface area contributed by atoms with E-state index in [0.717, 1.165) is 31.2 Å². The van der Waals surface area contributed by atoms with Gasteiger partial charge in [0.05, 0.1) is 5.56 Å². The van der Waals surface area contributed by atoms with Crippen LogP contribution in [0, 0.1) is 0 Å². The second-order valence-corrected chi connectivity index (χ2v) is 5.64. The summed E-state index contributed by atoms with van der Waals surface area (Å²) in [4.78, 5) is 23.3. The van der Waals surface area contributed by atoms with Gasteiger partial charge in [-0.25, -0.2) is 4.79 Å². The van der Waals surface area contributed by atoms with Gasteiger partial charge in [0.25, 0.3) is 0 Å². The zero-order valence-electron chi connectivity index (χ0n) is 12.8. The molecule has 118 valence electrons. The highest BCUT2D eigenvalue weighted by Crippen LogP contribution is 2.21. The lowest BCUT2D eigenvalue weighted by atomic mass is 10.1. The van der Waals surface area contributed by atoms with Crippen molar-refractivity contribution in [2.75, 3.05) is 0 Å². The molecule has 1 fully saturated rings. The maximum Gasteiger partial charge on any atom is 0.338 e. The number of ether oxygens (including phenoxy) is 1. The quantitative estimate of drug-likeness (QED) is 0.515. The second-order valence-electron chi connectivity index (χ2n) is 5.64. The molecule has 0 aliphatic heterocycles. The van der Waals surface area contributed by atoms with Gasteiger partial charge >= 0.3 is 5.97 Å². The highest BCUT2D eigenvalue weighted by molar-refractivity contribution is 5.89. The van der Waals surface area contributed by atoms with E-state index in [0.29, 0.717) is 12.1 Å². The van der Waals surface area contributed by atoms with Crippen LogP contribution in [0.25, 0.3) is 0 Å². The summed E-state index contributed by atoms with van der Waals surface area (Å²) in [6.45, 7) is 3.82. The van der Waals surface area contributed by atoms with Gasteiger partial charge in [-0.1, -0.05) is 31.6 Å². The summed E-state index contributed by atoms with van der Waals surface area (Å²) in [5.74, 6) is -0.467. The monoisotopic (exact) mass is 301 g/mol. The van der Waals surface area contributed by atoms with Crippen LogP contribution in [0.2, 0.25) is 0 Å². The molecule has 1 aromatic carbocycles. The predicted octanol–water partition coefficient (Wildman–Crippen LogP) is 3.37. The molecule has 0 aromatic heterocycles. The molecule has 1 aliphatic carbocycles. The molecule has 0 bridgehead atoms. The van der Waals surface area contributed by atoms with Crippen molar-refractivity contribution in [3.8, 4) is 0 Å². The highest BCUT2D eigenvalue weighted by Gasteiger charge is 2.17. The summed E-state index contributed by atoms with van der Waals surface area (Å²) in [5, 5.41) is 2.70. The third kappa shape index (κ3) is 5.02. The minimum atomic E-state index is -0.256. The lowest BCUT2D eigenvalue weighted by molar-refractivity contribution is -0.116. The summed E-state index contributed by atoms with van der Waals surface area (Å²) in [5.41, 5.74) is 1.49. The largest absolute Gasteiger partial charge is 0.459 e. The lowest BCUT2D eigenvalue weighted by Gasteiger charge is -2.15. The molecule has 0 atom stereocenters. The van der Waals surface area contributed by atoms with Gasteiger partial charge in [-0.2, -0.15) is 0 Å². The third-order valence-corrected chi connectivity index (χ3v) is 3.92. The average molecular weight is 301 g/mol. The first-order chi connectivity index (χ1) is 10.7. The Morgan fingerprint density at radius 1 is 1.14 bits per heavy atom. The fourth-order valence-electron chi connectivity index (χ4n) is 2.60. The Morgan fingerprint density at radius 3 is 2.36 bits per heavy atom. The number of rotatable bonds is 5. The van der Waals surface area contributed by atoms with Gasteiger partial charge < -0.3 is 10.1 Å². The maximum atomic E-state index is 12.1. The summed E-state index contributed by atoms with van der Waals surface area (Å²) < 4.78 is 5.59. The highest BCUT2D eigenvalue weighted by atomic mass is 16.5. The number of hydrogen-bond donors (Lipinski definition) is 1. The lowest BCUT2D eigenvalue weighted by Crippen LogP contribution is -2.20. The van der Waals surface area contributed by atoms with E-state index in [9.17, 15) is 9.59 Å². The molecule has 1 N–H and O–H groups in total. The van der Waals surface area contributed by atoms with Crippen molar-refractivity contribution < 1.29 is 14.3 Å². The van der Waals surface area contributed by atoms with Crippen molar-refractivity contribution in [1.82, 2.24) is 5.32 Å². The molecule has 1 saturated carbocycles. The smallest absolute Gasteiger partial charge is 0.338 e. The molecule has 0 saturated heterocycles. The number of carbonyl (C=O) groups excluding carboxylic acids is 2. The van der Waals surface area contributed by atoms with E-state index in [1.54, 1.807) is 12.1 Å². The third-order valence-electron chi connectivity index (χ3n) is 3.92. The van der Waals surface area contributed by atoms with Crippen LogP contribution in [0.5, 0.6) is 0 Å². The van der Waals surface area contributed by atoms with Gasteiger partial charge in [0.2, 0.25) is 5.91 Å². The van der Waals surface area contributed by atoms with Crippen molar-refractivity contribution in [3.63, 3.8) is 0 Å².